The molecule has 0 unspecified atom stereocenters. The van der Waals surface area contributed by atoms with Crippen molar-refractivity contribution in [2.24, 2.45) is 0 Å². The lowest BCUT2D eigenvalue weighted by molar-refractivity contribution is 0.102. The first-order valence-electron chi connectivity index (χ1n) is 9.06. The Morgan fingerprint density at radius 2 is 1.68 bits per heavy atom. The van der Waals surface area contributed by atoms with Gasteiger partial charge < -0.3 is 10.3 Å². The van der Waals surface area contributed by atoms with Crippen LogP contribution in [0.3, 0.4) is 0 Å². The van der Waals surface area contributed by atoms with Gasteiger partial charge in [0.15, 0.2) is 0 Å². The molecule has 140 valence electrons. The molecule has 0 aliphatic heterocycles. The third kappa shape index (κ3) is 3.39. The zero-order valence-electron chi connectivity index (χ0n) is 15.9. The van der Waals surface area contributed by atoms with Crippen LogP contribution in [0.4, 0.5) is 5.69 Å². The minimum atomic E-state index is -0.190. The highest BCUT2D eigenvalue weighted by Crippen LogP contribution is 2.25. The summed E-state index contributed by atoms with van der Waals surface area (Å²) in [5.41, 5.74) is 7.57. The number of fused-ring (bicyclic) bond motifs is 1. The number of amides is 1. The number of rotatable bonds is 3. The van der Waals surface area contributed by atoms with E-state index in [1.807, 2.05) is 37.3 Å². The monoisotopic (exact) mass is 389 g/mol. The molecule has 0 saturated heterocycles. The molecule has 1 heterocycles. The molecule has 1 aromatic heterocycles. The highest BCUT2D eigenvalue weighted by molar-refractivity contribution is 6.31. The second-order valence-corrected chi connectivity index (χ2v) is 7.39. The number of anilines is 1. The summed E-state index contributed by atoms with van der Waals surface area (Å²) in [4.78, 5) is 20.5. The summed E-state index contributed by atoms with van der Waals surface area (Å²) < 4.78 is 0. The van der Waals surface area contributed by atoms with Gasteiger partial charge in [-0.15, -0.1) is 0 Å². The zero-order chi connectivity index (χ0) is 19.8. The second-order valence-electron chi connectivity index (χ2n) is 6.98. The van der Waals surface area contributed by atoms with Crippen LogP contribution in [0.5, 0.6) is 0 Å². The first-order valence-corrected chi connectivity index (χ1v) is 9.44. The number of nitrogens with zero attached hydrogens (tertiary/aromatic N) is 1. The average molecular weight is 390 g/mol. The van der Waals surface area contributed by atoms with Crippen molar-refractivity contribution in [1.29, 1.82) is 0 Å². The van der Waals surface area contributed by atoms with E-state index in [0.717, 1.165) is 28.0 Å². The number of carbonyl (C=O) groups is 1. The fraction of sp³-hybridized carbons (Fsp3) is 0.130. The van der Waals surface area contributed by atoms with Gasteiger partial charge in [-0.2, -0.15) is 0 Å². The van der Waals surface area contributed by atoms with Crippen molar-refractivity contribution >= 4 is 34.2 Å². The summed E-state index contributed by atoms with van der Waals surface area (Å²) in [6.07, 6.45) is 0. The van der Waals surface area contributed by atoms with E-state index in [4.69, 9.17) is 16.6 Å². The summed E-state index contributed by atoms with van der Waals surface area (Å²) in [5, 5.41) is 3.48. The average Bonchev–Trinajstić information content (AvgIpc) is 3.12. The van der Waals surface area contributed by atoms with Crippen LogP contribution in [0.15, 0.2) is 54.6 Å². The third-order valence-corrected chi connectivity index (χ3v) is 5.44. The molecule has 2 N–H and O–H groups in total. The van der Waals surface area contributed by atoms with Gasteiger partial charge in [-0.25, -0.2) is 4.98 Å². The second kappa shape index (κ2) is 7.13. The molecule has 1 amide bonds. The molecule has 0 fully saturated rings. The number of H-pyrrole nitrogens is 1. The van der Waals surface area contributed by atoms with E-state index in [0.29, 0.717) is 16.3 Å². The molecule has 28 heavy (non-hydrogen) atoms. The minimum Gasteiger partial charge on any atom is -0.338 e. The SMILES string of the molecule is Cc1ccc(C(=O)Nc2ccc(-c3nc4c(C)c(C)ccc4[nH]3)cc2)cc1Cl. The normalized spacial score (nSPS) is 11.0. The van der Waals surface area contributed by atoms with Gasteiger partial charge in [0.05, 0.1) is 11.0 Å². The van der Waals surface area contributed by atoms with E-state index >= 15 is 0 Å². The number of aromatic nitrogens is 2. The molecular weight excluding hydrogens is 370 g/mol. The molecule has 4 nitrogen and oxygen atoms in total. The molecule has 0 spiro atoms. The molecule has 0 atom stereocenters. The minimum absolute atomic E-state index is 0.190. The quantitative estimate of drug-likeness (QED) is 0.447. The Kier molecular flexibility index (Phi) is 4.65. The Morgan fingerprint density at radius 3 is 2.39 bits per heavy atom. The van der Waals surface area contributed by atoms with E-state index in [9.17, 15) is 4.79 Å². The highest BCUT2D eigenvalue weighted by atomic mass is 35.5. The number of aromatic amines is 1. The van der Waals surface area contributed by atoms with Crippen LogP contribution in [-0.2, 0) is 0 Å². The van der Waals surface area contributed by atoms with Crippen LogP contribution in [0.1, 0.15) is 27.0 Å². The zero-order valence-corrected chi connectivity index (χ0v) is 16.7. The predicted molar refractivity (Wildman–Crippen MR) is 115 cm³/mol. The number of nitrogens with one attached hydrogen (secondary N) is 2. The highest BCUT2D eigenvalue weighted by Gasteiger charge is 2.10. The first-order chi connectivity index (χ1) is 13.4. The Morgan fingerprint density at radius 1 is 0.964 bits per heavy atom. The van der Waals surface area contributed by atoms with Gasteiger partial charge in [-0.1, -0.05) is 23.7 Å². The summed E-state index contributed by atoms with van der Waals surface area (Å²) in [6, 6.07) is 17.1. The van der Waals surface area contributed by atoms with Crippen molar-refractivity contribution in [2.75, 3.05) is 5.32 Å². The van der Waals surface area contributed by atoms with Crippen molar-refractivity contribution in [1.82, 2.24) is 9.97 Å². The van der Waals surface area contributed by atoms with Gasteiger partial charge in [0.25, 0.3) is 5.91 Å². The van der Waals surface area contributed by atoms with Crippen molar-refractivity contribution < 1.29 is 4.79 Å². The van der Waals surface area contributed by atoms with Gasteiger partial charge in [0.2, 0.25) is 0 Å². The molecular formula is C23H20ClN3O. The number of imidazole rings is 1. The molecule has 3 aromatic carbocycles. The van der Waals surface area contributed by atoms with Gasteiger partial charge >= 0.3 is 0 Å². The van der Waals surface area contributed by atoms with Gasteiger partial charge in [-0.05, 0) is 79.9 Å². The third-order valence-electron chi connectivity index (χ3n) is 5.03. The molecule has 0 saturated carbocycles. The molecule has 0 aliphatic rings. The smallest absolute Gasteiger partial charge is 0.255 e. The lowest BCUT2D eigenvalue weighted by Crippen LogP contribution is -2.11. The molecule has 5 heteroatoms. The lowest BCUT2D eigenvalue weighted by Gasteiger charge is -2.07. The number of hydrogen-bond acceptors (Lipinski definition) is 2. The van der Waals surface area contributed by atoms with Crippen molar-refractivity contribution in [3.05, 3.63) is 81.9 Å². The molecule has 4 aromatic rings. The Bertz CT molecular complexity index is 1190. The maximum absolute atomic E-state index is 12.4. The summed E-state index contributed by atoms with van der Waals surface area (Å²) in [6.45, 7) is 6.07. The lowest BCUT2D eigenvalue weighted by atomic mass is 10.1. The first kappa shape index (κ1) is 18.3. The fourth-order valence-electron chi connectivity index (χ4n) is 3.10. The van der Waals surface area contributed by atoms with Crippen molar-refractivity contribution in [3.8, 4) is 11.4 Å². The van der Waals surface area contributed by atoms with Crippen LogP contribution in [-0.4, -0.2) is 15.9 Å². The predicted octanol–water partition coefficient (Wildman–Crippen LogP) is 6.06. The van der Waals surface area contributed by atoms with E-state index < -0.39 is 0 Å². The van der Waals surface area contributed by atoms with Crippen LogP contribution in [0.25, 0.3) is 22.4 Å². The van der Waals surface area contributed by atoms with Crippen molar-refractivity contribution in [2.45, 2.75) is 20.8 Å². The number of carbonyl (C=O) groups excluding carboxylic acids is 1. The Hall–Kier alpha value is -3.11. The van der Waals surface area contributed by atoms with Gasteiger partial charge in [0, 0.05) is 21.8 Å². The van der Waals surface area contributed by atoms with E-state index in [2.05, 4.69) is 36.3 Å². The maximum atomic E-state index is 12.4. The molecule has 0 radical (unpaired) electrons. The molecule has 0 aliphatic carbocycles. The number of halogens is 1. The number of benzene rings is 3. The van der Waals surface area contributed by atoms with E-state index in [1.165, 1.54) is 11.1 Å². The van der Waals surface area contributed by atoms with Crippen LogP contribution < -0.4 is 5.32 Å². The number of aryl methyl sites for hydroxylation is 3. The van der Waals surface area contributed by atoms with Gasteiger partial charge in [0.1, 0.15) is 5.82 Å². The standard InChI is InChI=1S/C23H20ClN3O/c1-13-5-11-20-21(15(13)3)27-22(26-20)16-7-9-18(10-8-16)25-23(28)17-6-4-14(2)19(24)12-17/h4-12H,1-3H3,(H,25,28)(H,26,27). The number of hydrogen-bond donors (Lipinski definition) is 2. The Labute approximate surface area is 168 Å². The largest absolute Gasteiger partial charge is 0.338 e. The Balaban J connectivity index is 1.56. The van der Waals surface area contributed by atoms with Crippen LogP contribution >= 0.6 is 11.6 Å². The summed E-state index contributed by atoms with van der Waals surface area (Å²) >= 11 is 6.11. The fourth-order valence-corrected chi connectivity index (χ4v) is 3.28. The van der Waals surface area contributed by atoms with Gasteiger partial charge in [-0.3, -0.25) is 4.79 Å². The topological polar surface area (TPSA) is 57.8 Å². The molecule has 4 rings (SSSR count). The van der Waals surface area contributed by atoms with E-state index in [1.54, 1.807) is 12.1 Å². The molecule has 0 bridgehead atoms. The van der Waals surface area contributed by atoms with Crippen molar-refractivity contribution in [3.63, 3.8) is 0 Å². The summed E-state index contributed by atoms with van der Waals surface area (Å²) in [5.74, 6) is 0.622. The van der Waals surface area contributed by atoms with Crippen LogP contribution in [0.2, 0.25) is 5.02 Å². The van der Waals surface area contributed by atoms with Crippen LogP contribution in [0, 0.1) is 20.8 Å². The maximum Gasteiger partial charge on any atom is 0.255 e. The van der Waals surface area contributed by atoms with E-state index in [-0.39, 0.29) is 5.91 Å². The summed E-state index contributed by atoms with van der Waals surface area (Å²) in [7, 11) is 0.